The molecule has 1 amide bonds. The van der Waals surface area contributed by atoms with Gasteiger partial charge >= 0.3 is 0 Å². The van der Waals surface area contributed by atoms with Gasteiger partial charge in [0.15, 0.2) is 5.96 Å². The number of likely N-dealkylation sites (tertiary alicyclic amines) is 1. The molecule has 3 heterocycles. The van der Waals surface area contributed by atoms with Crippen molar-refractivity contribution in [3.05, 3.63) is 0 Å². The number of carbonyl (C=O) groups is 1. The standard InChI is InChI=1S/C20H37N5O3.HI/c1-21-20(25-12-14-28-18(15-25)17-8-5-13-27-17)22-9-6-11-24-10-4-7-16(24)19(26)23(2)3;/h16-18H,4-15H2,1-3H3,(H,21,22);1H. The largest absolute Gasteiger partial charge is 0.375 e. The normalized spacial score (nSPS) is 28.3. The summed E-state index contributed by atoms with van der Waals surface area (Å²) in [6, 6.07) is 0.0562. The Morgan fingerprint density at radius 1 is 1.14 bits per heavy atom. The Labute approximate surface area is 192 Å². The molecule has 0 bridgehead atoms. The average molecular weight is 523 g/mol. The van der Waals surface area contributed by atoms with E-state index in [9.17, 15) is 4.79 Å². The molecule has 29 heavy (non-hydrogen) atoms. The summed E-state index contributed by atoms with van der Waals surface area (Å²) in [4.78, 5) is 23.1. The molecule has 0 aromatic carbocycles. The van der Waals surface area contributed by atoms with Gasteiger partial charge in [0.1, 0.15) is 6.10 Å². The van der Waals surface area contributed by atoms with Gasteiger partial charge < -0.3 is 24.6 Å². The van der Waals surface area contributed by atoms with Crippen molar-refractivity contribution in [1.29, 1.82) is 0 Å². The minimum absolute atomic E-state index is 0. The number of guanidine groups is 1. The minimum atomic E-state index is 0. The molecule has 3 unspecified atom stereocenters. The van der Waals surface area contributed by atoms with Gasteiger partial charge in [0.05, 0.1) is 18.8 Å². The van der Waals surface area contributed by atoms with E-state index in [1.807, 2.05) is 21.1 Å². The van der Waals surface area contributed by atoms with Crippen LogP contribution in [-0.2, 0) is 14.3 Å². The van der Waals surface area contributed by atoms with Crippen LogP contribution in [0.3, 0.4) is 0 Å². The highest BCUT2D eigenvalue weighted by Gasteiger charge is 2.33. The molecule has 0 saturated carbocycles. The topological polar surface area (TPSA) is 69.6 Å². The van der Waals surface area contributed by atoms with Gasteiger partial charge in [-0.2, -0.15) is 0 Å². The number of halogens is 1. The second kappa shape index (κ2) is 12.3. The van der Waals surface area contributed by atoms with Gasteiger partial charge in [-0.15, -0.1) is 24.0 Å². The summed E-state index contributed by atoms with van der Waals surface area (Å²) >= 11 is 0. The molecule has 3 fully saturated rings. The van der Waals surface area contributed by atoms with Gasteiger partial charge in [0, 0.05) is 53.9 Å². The van der Waals surface area contributed by atoms with Gasteiger partial charge in [-0.1, -0.05) is 0 Å². The lowest BCUT2D eigenvalue weighted by atomic mass is 10.1. The summed E-state index contributed by atoms with van der Waals surface area (Å²) in [6.07, 6.45) is 5.66. The third-order valence-electron chi connectivity index (χ3n) is 5.98. The number of morpholine rings is 1. The summed E-state index contributed by atoms with van der Waals surface area (Å²) < 4.78 is 11.7. The zero-order chi connectivity index (χ0) is 19.9. The van der Waals surface area contributed by atoms with Crippen LogP contribution in [0.1, 0.15) is 32.1 Å². The van der Waals surface area contributed by atoms with Crippen molar-refractivity contribution in [3.8, 4) is 0 Å². The Hall–Kier alpha value is -0.650. The first-order valence-electron chi connectivity index (χ1n) is 10.7. The SMILES string of the molecule is CN=C(NCCCN1CCCC1C(=O)N(C)C)N1CCOC(C2CCCO2)C1.I. The number of ether oxygens (including phenoxy) is 2. The number of rotatable bonds is 6. The molecule has 0 radical (unpaired) electrons. The molecule has 0 spiro atoms. The van der Waals surface area contributed by atoms with Crippen LogP contribution in [0.25, 0.3) is 0 Å². The fourth-order valence-corrected chi connectivity index (χ4v) is 4.47. The highest BCUT2D eigenvalue weighted by molar-refractivity contribution is 14.0. The molecule has 0 aliphatic carbocycles. The molecule has 168 valence electrons. The van der Waals surface area contributed by atoms with Crippen molar-refractivity contribution in [3.63, 3.8) is 0 Å². The van der Waals surface area contributed by atoms with E-state index in [0.29, 0.717) is 6.61 Å². The number of carbonyl (C=O) groups excluding carboxylic acids is 1. The highest BCUT2D eigenvalue weighted by atomic mass is 127. The zero-order valence-corrected chi connectivity index (χ0v) is 20.5. The van der Waals surface area contributed by atoms with Crippen molar-refractivity contribution < 1.29 is 14.3 Å². The van der Waals surface area contributed by atoms with E-state index in [-0.39, 0.29) is 48.1 Å². The van der Waals surface area contributed by atoms with E-state index in [2.05, 4.69) is 20.1 Å². The van der Waals surface area contributed by atoms with Crippen LogP contribution in [0.5, 0.6) is 0 Å². The quantitative estimate of drug-likeness (QED) is 0.243. The third kappa shape index (κ3) is 6.67. The highest BCUT2D eigenvalue weighted by Crippen LogP contribution is 2.21. The fourth-order valence-electron chi connectivity index (χ4n) is 4.47. The lowest BCUT2D eigenvalue weighted by Crippen LogP contribution is -2.53. The predicted octanol–water partition coefficient (Wildman–Crippen LogP) is 1.00. The zero-order valence-electron chi connectivity index (χ0n) is 18.1. The Kier molecular flexibility index (Phi) is 10.4. The molecule has 9 heteroatoms. The molecule has 0 aromatic rings. The second-order valence-electron chi connectivity index (χ2n) is 8.16. The maximum atomic E-state index is 12.3. The molecule has 3 aliphatic heterocycles. The Morgan fingerprint density at radius 2 is 1.93 bits per heavy atom. The summed E-state index contributed by atoms with van der Waals surface area (Å²) in [7, 11) is 5.53. The van der Waals surface area contributed by atoms with E-state index in [1.54, 1.807) is 4.90 Å². The summed E-state index contributed by atoms with van der Waals surface area (Å²) in [6.45, 7) is 6.07. The van der Waals surface area contributed by atoms with Crippen molar-refractivity contribution >= 4 is 35.8 Å². The van der Waals surface area contributed by atoms with Gasteiger partial charge in [-0.25, -0.2) is 0 Å². The lowest BCUT2D eigenvalue weighted by molar-refractivity contribution is -0.133. The number of nitrogens with zero attached hydrogens (tertiary/aromatic N) is 4. The number of hydrogen-bond acceptors (Lipinski definition) is 5. The molecule has 3 aliphatic rings. The maximum Gasteiger partial charge on any atom is 0.239 e. The smallest absolute Gasteiger partial charge is 0.239 e. The van der Waals surface area contributed by atoms with Crippen LogP contribution in [0, 0.1) is 0 Å². The van der Waals surface area contributed by atoms with Crippen molar-refractivity contribution in [2.45, 2.75) is 50.4 Å². The Bertz CT molecular complexity index is 542. The van der Waals surface area contributed by atoms with Crippen molar-refractivity contribution in [2.24, 2.45) is 4.99 Å². The summed E-state index contributed by atoms with van der Waals surface area (Å²) in [5, 5.41) is 3.50. The number of hydrogen-bond donors (Lipinski definition) is 1. The molecule has 8 nitrogen and oxygen atoms in total. The maximum absolute atomic E-state index is 12.3. The average Bonchev–Trinajstić information content (AvgIpc) is 3.39. The molecular formula is C20H38IN5O3. The lowest BCUT2D eigenvalue weighted by Gasteiger charge is -2.37. The molecule has 1 N–H and O–H groups in total. The van der Waals surface area contributed by atoms with Crippen molar-refractivity contribution in [1.82, 2.24) is 20.0 Å². The van der Waals surface area contributed by atoms with Crippen LogP contribution < -0.4 is 5.32 Å². The molecule has 0 aromatic heterocycles. The second-order valence-corrected chi connectivity index (χ2v) is 8.16. The Balaban J connectivity index is 0.00000300. The van der Waals surface area contributed by atoms with E-state index in [1.165, 1.54) is 0 Å². The van der Waals surface area contributed by atoms with Gasteiger partial charge in [0.2, 0.25) is 5.91 Å². The number of likely N-dealkylation sites (N-methyl/N-ethyl adjacent to an activating group) is 1. The van der Waals surface area contributed by atoms with Crippen LogP contribution >= 0.6 is 24.0 Å². The van der Waals surface area contributed by atoms with Gasteiger partial charge in [0.25, 0.3) is 0 Å². The first-order valence-corrected chi connectivity index (χ1v) is 10.7. The van der Waals surface area contributed by atoms with E-state index in [4.69, 9.17) is 9.47 Å². The molecule has 3 rings (SSSR count). The first-order chi connectivity index (χ1) is 13.6. The minimum Gasteiger partial charge on any atom is -0.375 e. The van der Waals surface area contributed by atoms with Crippen molar-refractivity contribution in [2.75, 3.05) is 67.1 Å². The Morgan fingerprint density at radius 3 is 2.62 bits per heavy atom. The fraction of sp³-hybridized carbons (Fsp3) is 0.900. The molecular weight excluding hydrogens is 485 g/mol. The number of nitrogens with one attached hydrogen (secondary N) is 1. The monoisotopic (exact) mass is 523 g/mol. The predicted molar refractivity (Wildman–Crippen MR) is 125 cm³/mol. The summed E-state index contributed by atoms with van der Waals surface area (Å²) in [5.74, 6) is 1.17. The molecule has 3 atom stereocenters. The van der Waals surface area contributed by atoms with Crippen LogP contribution in [0.4, 0.5) is 0 Å². The van der Waals surface area contributed by atoms with E-state index < -0.39 is 0 Å². The molecule has 3 saturated heterocycles. The van der Waals surface area contributed by atoms with Crippen LogP contribution in [0.2, 0.25) is 0 Å². The van der Waals surface area contributed by atoms with Gasteiger partial charge in [-0.05, 0) is 38.6 Å². The number of amides is 1. The first kappa shape index (κ1) is 24.6. The van der Waals surface area contributed by atoms with Crippen LogP contribution in [0.15, 0.2) is 4.99 Å². The van der Waals surface area contributed by atoms with Crippen LogP contribution in [-0.4, -0.2) is 112 Å². The van der Waals surface area contributed by atoms with E-state index in [0.717, 1.165) is 77.4 Å². The van der Waals surface area contributed by atoms with E-state index >= 15 is 0 Å². The summed E-state index contributed by atoms with van der Waals surface area (Å²) in [5.41, 5.74) is 0. The number of aliphatic imine (C=N–C) groups is 1. The third-order valence-corrected chi connectivity index (χ3v) is 5.98. The van der Waals surface area contributed by atoms with Gasteiger partial charge in [-0.3, -0.25) is 14.7 Å².